The number of thiazole rings is 1. The minimum absolute atomic E-state index is 0.0489. The van der Waals surface area contributed by atoms with Crippen molar-refractivity contribution in [1.29, 1.82) is 0 Å². The van der Waals surface area contributed by atoms with Gasteiger partial charge in [-0.1, -0.05) is 0 Å². The lowest BCUT2D eigenvalue weighted by Crippen LogP contribution is -2.28. The molecule has 2 N–H and O–H groups in total. The Bertz CT molecular complexity index is 1140. The lowest BCUT2D eigenvalue weighted by Gasteiger charge is -2.16. The number of hydrogen-bond donors (Lipinski definition) is 2. The number of amides is 3. The maximum atomic E-state index is 12.8. The molecule has 1 aliphatic heterocycles. The molecule has 166 valence electrons. The van der Waals surface area contributed by atoms with E-state index >= 15 is 0 Å². The third-order valence-electron chi connectivity index (χ3n) is 5.04. The molecule has 0 bridgehead atoms. The monoisotopic (exact) mass is 486 g/mol. The Kier molecular flexibility index (Phi) is 6.92. The molecule has 1 aromatic carbocycles. The Hall–Kier alpha value is -2.69. The molecule has 10 heteroatoms. The first-order valence-electron chi connectivity index (χ1n) is 9.97. The number of carbonyl (C=O) groups is 3. The molecular formula is C22H22N4O3S3. The van der Waals surface area contributed by atoms with Crippen LogP contribution in [0, 0.1) is 5.92 Å². The van der Waals surface area contributed by atoms with Crippen LogP contribution in [0.5, 0.6) is 0 Å². The van der Waals surface area contributed by atoms with E-state index in [1.807, 2.05) is 48.0 Å². The molecule has 32 heavy (non-hydrogen) atoms. The fourth-order valence-electron chi connectivity index (χ4n) is 3.37. The van der Waals surface area contributed by atoms with Gasteiger partial charge in [0, 0.05) is 40.7 Å². The van der Waals surface area contributed by atoms with Crippen molar-refractivity contribution >= 4 is 63.0 Å². The van der Waals surface area contributed by atoms with Crippen molar-refractivity contribution in [2.24, 2.45) is 5.92 Å². The van der Waals surface area contributed by atoms with Crippen LogP contribution in [0.3, 0.4) is 0 Å². The molecule has 1 fully saturated rings. The van der Waals surface area contributed by atoms with Gasteiger partial charge < -0.3 is 15.5 Å². The molecule has 2 aromatic heterocycles. The first-order chi connectivity index (χ1) is 15.4. The largest absolute Gasteiger partial charge is 0.351 e. The summed E-state index contributed by atoms with van der Waals surface area (Å²) in [6, 6.07) is 11.7. The minimum atomic E-state index is -0.416. The Morgan fingerprint density at radius 3 is 2.72 bits per heavy atom. The molecule has 1 atom stereocenters. The number of carbonyl (C=O) groups excluding carboxylic acids is 3. The summed E-state index contributed by atoms with van der Waals surface area (Å²) in [6.45, 7) is 2.33. The summed E-state index contributed by atoms with van der Waals surface area (Å²) in [5.41, 5.74) is 1.59. The Labute approximate surface area is 198 Å². The van der Waals surface area contributed by atoms with Gasteiger partial charge in [-0.2, -0.15) is 0 Å². The van der Waals surface area contributed by atoms with Gasteiger partial charge in [0.1, 0.15) is 0 Å². The Balaban J connectivity index is 1.37. The standard InChI is InChI=1S/C22H22N4O3S3/c1-13(27)23-10-17-7-8-19(32-17)18-12-31-22(24-18)25-21(29)14-9-20(28)26(11-14)15-3-5-16(30-2)6-4-15/h3-8,12,14H,9-11H2,1-2H3,(H,23,27)(H,24,25,29). The Morgan fingerprint density at radius 1 is 1.22 bits per heavy atom. The normalized spacial score (nSPS) is 15.8. The van der Waals surface area contributed by atoms with Crippen molar-refractivity contribution < 1.29 is 14.4 Å². The number of anilines is 2. The lowest BCUT2D eigenvalue weighted by atomic mass is 10.1. The van der Waals surface area contributed by atoms with Gasteiger partial charge in [0.05, 0.1) is 23.0 Å². The summed E-state index contributed by atoms with van der Waals surface area (Å²) in [6.07, 6.45) is 2.19. The number of thiophene rings is 1. The van der Waals surface area contributed by atoms with Crippen LogP contribution in [0.1, 0.15) is 18.2 Å². The van der Waals surface area contributed by atoms with E-state index < -0.39 is 5.92 Å². The van der Waals surface area contributed by atoms with Crippen LogP contribution in [0.2, 0.25) is 0 Å². The molecule has 0 saturated carbocycles. The molecular weight excluding hydrogens is 464 g/mol. The van der Waals surface area contributed by atoms with E-state index in [4.69, 9.17) is 0 Å². The second-order valence-corrected chi connectivity index (χ2v) is 10.2. The fraction of sp³-hybridized carbons (Fsp3) is 0.273. The van der Waals surface area contributed by atoms with Crippen LogP contribution in [0.25, 0.3) is 10.6 Å². The molecule has 1 saturated heterocycles. The smallest absolute Gasteiger partial charge is 0.231 e. The highest BCUT2D eigenvalue weighted by atomic mass is 32.2. The predicted octanol–water partition coefficient (Wildman–Crippen LogP) is 4.22. The zero-order chi connectivity index (χ0) is 22.7. The average molecular weight is 487 g/mol. The highest BCUT2D eigenvalue weighted by molar-refractivity contribution is 7.98. The van der Waals surface area contributed by atoms with E-state index in [0.29, 0.717) is 18.2 Å². The molecule has 0 spiro atoms. The first kappa shape index (κ1) is 22.5. The van der Waals surface area contributed by atoms with Crippen molar-refractivity contribution in [3.05, 3.63) is 46.7 Å². The van der Waals surface area contributed by atoms with Gasteiger partial charge in [-0.15, -0.1) is 34.4 Å². The minimum Gasteiger partial charge on any atom is -0.351 e. The molecule has 3 amide bonds. The molecule has 1 aliphatic rings. The second kappa shape index (κ2) is 9.85. The summed E-state index contributed by atoms with van der Waals surface area (Å²) in [5.74, 6) is -0.729. The van der Waals surface area contributed by atoms with Crippen LogP contribution < -0.4 is 15.5 Å². The summed E-state index contributed by atoms with van der Waals surface area (Å²) >= 11 is 4.55. The topological polar surface area (TPSA) is 91.4 Å². The van der Waals surface area contributed by atoms with E-state index in [1.165, 1.54) is 18.3 Å². The predicted molar refractivity (Wildman–Crippen MR) is 130 cm³/mol. The number of nitrogens with zero attached hydrogens (tertiary/aromatic N) is 2. The maximum absolute atomic E-state index is 12.8. The van der Waals surface area contributed by atoms with Gasteiger partial charge in [0.15, 0.2) is 5.13 Å². The van der Waals surface area contributed by atoms with E-state index in [-0.39, 0.29) is 24.1 Å². The molecule has 4 rings (SSSR count). The zero-order valence-electron chi connectivity index (χ0n) is 17.6. The van der Waals surface area contributed by atoms with E-state index in [2.05, 4.69) is 15.6 Å². The number of thioether (sulfide) groups is 1. The van der Waals surface area contributed by atoms with Crippen LogP contribution in [-0.2, 0) is 20.9 Å². The van der Waals surface area contributed by atoms with Crippen LogP contribution >= 0.6 is 34.4 Å². The van der Waals surface area contributed by atoms with Crippen LogP contribution in [0.4, 0.5) is 10.8 Å². The molecule has 3 aromatic rings. The molecule has 3 heterocycles. The quantitative estimate of drug-likeness (QED) is 0.488. The molecule has 0 aliphatic carbocycles. The summed E-state index contributed by atoms with van der Waals surface area (Å²) in [7, 11) is 0. The van der Waals surface area contributed by atoms with Crippen molar-refractivity contribution in [3.8, 4) is 10.6 Å². The number of hydrogen-bond acceptors (Lipinski definition) is 7. The number of rotatable bonds is 7. The van der Waals surface area contributed by atoms with Gasteiger partial charge in [-0.05, 0) is 42.7 Å². The number of benzene rings is 1. The fourth-order valence-corrected chi connectivity index (χ4v) is 5.47. The van der Waals surface area contributed by atoms with Crippen molar-refractivity contribution in [3.63, 3.8) is 0 Å². The SMILES string of the molecule is CSc1ccc(N2CC(C(=O)Nc3nc(-c4ccc(CNC(C)=O)s4)cs3)CC2=O)cc1. The summed E-state index contributed by atoms with van der Waals surface area (Å²) < 4.78 is 0. The summed E-state index contributed by atoms with van der Waals surface area (Å²) in [5, 5.41) is 8.05. The molecule has 7 nitrogen and oxygen atoms in total. The third-order valence-corrected chi connectivity index (χ3v) is 7.65. The van der Waals surface area contributed by atoms with Crippen LogP contribution in [-0.4, -0.2) is 35.5 Å². The molecule has 1 unspecified atom stereocenters. The maximum Gasteiger partial charge on any atom is 0.231 e. The van der Waals surface area contributed by atoms with Crippen molar-refractivity contribution in [1.82, 2.24) is 10.3 Å². The molecule has 0 radical (unpaired) electrons. The average Bonchev–Trinajstić information content (AvgIpc) is 3.52. The Morgan fingerprint density at radius 2 is 2.00 bits per heavy atom. The van der Waals surface area contributed by atoms with E-state index in [1.54, 1.807) is 28.0 Å². The van der Waals surface area contributed by atoms with Gasteiger partial charge in [0.2, 0.25) is 17.7 Å². The van der Waals surface area contributed by atoms with E-state index in [9.17, 15) is 14.4 Å². The van der Waals surface area contributed by atoms with E-state index in [0.717, 1.165) is 26.0 Å². The zero-order valence-corrected chi connectivity index (χ0v) is 20.0. The van der Waals surface area contributed by atoms with Gasteiger partial charge in [0.25, 0.3) is 0 Å². The third kappa shape index (κ3) is 5.20. The highest BCUT2D eigenvalue weighted by Gasteiger charge is 2.35. The van der Waals surface area contributed by atoms with Gasteiger partial charge in [-0.25, -0.2) is 4.98 Å². The number of nitrogens with one attached hydrogen (secondary N) is 2. The van der Waals surface area contributed by atoms with Crippen molar-refractivity contribution in [2.75, 3.05) is 23.0 Å². The van der Waals surface area contributed by atoms with Crippen LogP contribution in [0.15, 0.2) is 46.7 Å². The number of aromatic nitrogens is 1. The second-order valence-electron chi connectivity index (χ2n) is 7.31. The first-order valence-corrected chi connectivity index (χ1v) is 12.9. The highest BCUT2D eigenvalue weighted by Crippen LogP contribution is 2.32. The van der Waals surface area contributed by atoms with Gasteiger partial charge in [-0.3, -0.25) is 14.4 Å². The van der Waals surface area contributed by atoms with Gasteiger partial charge >= 0.3 is 0 Å². The lowest BCUT2D eigenvalue weighted by molar-refractivity contribution is -0.122. The van der Waals surface area contributed by atoms with Crippen molar-refractivity contribution in [2.45, 2.75) is 24.8 Å². The summed E-state index contributed by atoms with van der Waals surface area (Å²) in [4.78, 5) is 45.7.